The molecule has 0 aliphatic rings. The van der Waals surface area contributed by atoms with Gasteiger partial charge in [0.05, 0.1) is 11.3 Å². The maximum Gasteiger partial charge on any atom is 0.418 e. The molecule has 0 N–H and O–H groups in total. The molecular formula is C13H9BrF3N. The third kappa shape index (κ3) is 2.72. The lowest BCUT2D eigenvalue weighted by Gasteiger charge is -2.12. The van der Waals surface area contributed by atoms with E-state index in [1.807, 2.05) is 6.07 Å². The van der Waals surface area contributed by atoms with Crippen molar-refractivity contribution in [2.75, 3.05) is 0 Å². The lowest BCUT2D eigenvalue weighted by atomic mass is 10.0. The summed E-state index contributed by atoms with van der Waals surface area (Å²) in [6, 6.07) is 10.0. The molecule has 0 amide bonds. The van der Waals surface area contributed by atoms with Gasteiger partial charge in [0.25, 0.3) is 0 Å². The van der Waals surface area contributed by atoms with Crippen LogP contribution < -0.4 is 0 Å². The molecule has 18 heavy (non-hydrogen) atoms. The van der Waals surface area contributed by atoms with Gasteiger partial charge in [-0.05, 0) is 11.6 Å². The van der Waals surface area contributed by atoms with Gasteiger partial charge in [0.2, 0.25) is 0 Å². The SMILES string of the molecule is FC(F)(F)c1cc(-c2ccccc2)cnc1CBr. The molecule has 0 fully saturated rings. The van der Waals surface area contributed by atoms with Crippen molar-refractivity contribution in [3.05, 3.63) is 53.9 Å². The van der Waals surface area contributed by atoms with E-state index in [4.69, 9.17) is 0 Å². The first-order chi connectivity index (χ1) is 8.52. The minimum atomic E-state index is -4.39. The number of halogens is 4. The summed E-state index contributed by atoms with van der Waals surface area (Å²) in [6.07, 6.45) is -2.93. The van der Waals surface area contributed by atoms with Crippen molar-refractivity contribution in [2.24, 2.45) is 0 Å². The first-order valence-electron chi connectivity index (χ1n) is 5.20. The number of nitrogens with zero attached hydrogens (tertiary/aromatic N) is 1. The molecule has 0 saturated heterocycles. The fourth-order valence-corrected chi connectivity index (χ4v) is 2.08. The quantitative estimate of drug-likeness (QED) is 0.734. The normalized spacial score (nSPS) is 11.6. The van der Waals surface area contributed by atoms with Crippen molar-refractivity contribution in [3.63, 3.8) is 0 Å². The van der Waals surface area contributed by atoms with Gasteiger partial charge in [-0.25, -0.2) is 0 Å². The van der Waals surface area contributed by atoms with Crippen LogP contribution in [0.25, 0.3) is 11.1 Å². The average Bonchev–Trinajstić information content (AvgIpc) is 2.38. The van der Waals surface area contributed by atoms with Crippen LogP contribution in [0.5, 0.6) is 0 Å². The van der Waals surface area contributed by atoms with Gasteiger partial charge in [-0.3, -0.25) is 4.98 Å². The molecule has 0 atom stereocenters. The topological polar surface area (TPSA) is 12.9 Å². The molecule has 1 heterocycles. The van der Waals surface area contributed by atoms with Gasteiger partial charge < -0.3 is 0 Å². The molecule has 0 spiro atoms. The van der Waals surface area contributed by atoms with Crippen molar-refractivity contribution >= 4 is 15.9 Å². The second-order valence-electron chi connectivity index (χ2n) is 3.72. The molecule has 0 saturated carbocycles. The third-order valence-electron chi connectivity index (χ3n) is 2.51. The Bertz CT molecular complexity index is 538. The first-order valence-corrected chi connectivity index (χ1v) is 6.32. The van der Waals surface area contributed by atoms with Crippen LogP contribution in [0, 0.1) is 0 Å². The molecule has 1 nitrogen and oxygen atoms in total. The van der Waals surface area contributed by atoms with E-state index in [9.17, 15) is 13.2 Å². The maximum absolute atomic E-state index is 12.9. The molecule has 0 radical (unpaired) electrons. The monoisotopic (exact) mass is 315 g/mol. The Morgan fingerprint density at radius 2 is 1.72 bits per heavy atom. The van der Waals surface area contributed by atoms with Crippen molar-refractivity contribution < 1.29 is 13.2 Å². The van der Waals surface area contributed by atoms with Gasteiger partial charge in [-0.15, -0.1) is 0 Å². The predicted molar refractivity (Wildman–Crippen MR) is 67.3 cm³/mol. The Labute approximate surface area is 111 Å². The zero-order valence-corrected chi connectivity index (χ0v) is 10.8. The van der Waals surface area contributed by atoms with E-state index in [1.54, 1.807) is 24.3 Å². The van der Waals surface area contributed by atoms with Gasteiger partial charge in [0, 0.05) is 17.1 Å². The zero-order chi connectivity index (χ0) is 13.2. The molecule has 94 valence electrons. The van der Waals surface area contributed by atoms with Crippen molar-refractivity contribution in [2.45, 2.75) is 11.5 Å². The molecular weight excluding hydrogens is 307 g/mol. The van der Waals surface area contributed by atoms with Gasteiger partial charge >= 0.3 is 6.18 Å². The van der Waals surface area contributed by atoms with E-state index in [0.29, 0.717) is 5.56 Å². The van der Waals surface area contributed by atoms with Crippen molar-refractivity contribution in [1.82, 2.24) is 4.98 Å². The molecule has 2 aromatic rings. The highest BCUT2D eigenvalue weighted by atomic mass is 79.9. The summed E-state index contributed by atoms with van der Waals surface area (Å²) in [6.45, 7) is 0. The molecule has 0 bridgehead atoms. The molecule has 1 aromatic carbocycles. The molecule has 0 aliphatic carbocycles. The predicted octanol–water partition coefficient (Wildman–Crippen LogP) is 4.66. The zero-order valence-electron chi connectivity index (χ0n) is 9.21. The largest absolute Gasteiger partial charge is 0.418 e. The summed E-state index contributed by atoms with van der Waals surface area (Å²) in [5.74, 6) is 0. The van der Waals surface area contributed by atoms with Crippen molar-refractivity contribution in [3.8, 4) is 11.1 Å². The lowest BCUT2D eigenvalue weighted by molar-refractivity contribution is -0.138. The molecule has 0 aliphatic heterocycles. The number of rotatable bonds is 2. The Hall–Kier alpha value is -1.36. The van der Waals surface area contributed by atoms with Gasteiger partial charge in [-0.1, -0.05) is 46.3 Å². The Morgan fingerprint density at radius 1 is 1.06 bits per heavy atom. The van der Waals surface area contributed by atoms with Crippen LogP contribution in [0.15, 0.2) is 42.6 Å². The molecule has 2 rings (SSSR count). The highest BCUT2D eigenvalue weighted by Crippen LogP contribution is 2.34. The number of hydrogen-bond donors (Lipinski definition) is 0. The van der Waals surface area contributed by atoms with Crippen LogP contribution in [0.3, 0.4) is 0 Å². The van der Waals surface area contributed by atoms with E-state index in [1.165, 1.54) is 6.20 Å². The fraction of sp³-hybridized carbons (Fsp3) is 0.154. The Kier molecular flexibility index (Phi) is 3.71. The van der Waals surface area contributed by atoms with E-state index in [2.05, 4.69) is 20.9 Å². The minimum absolute atomic E-state index is 0.00202. The summed E-state index contributed by atoms with van der Waals surface area (Å²) in [5.41, 5.74) is 0.493. The third-order valence-corrected chi connectivity index (χ3v) is 3.04. The smallest absolute Gasteiger partial charge is 0.259 e. The fourth-order valence-electron chi connectivity index (χ4n) is 1.63. The number of pyridine rings is 1. The van der Waals surface area contributed by atoms with E-state index >= 15 is 0 Å². The molecule has 5 heteroatoms. The first kappa shape index (κ1) is 13.1. The highest BCUT2D eigenvalue weighted by Gasteiger charge is 2.34. The number of benzene rings is 1. The number of alkyl halides is 4. The van der Waals surface area contributed by atoms with Crippen LogP contribution >= 0.6 is 15.9 Å². The summed E-state index contributed by atoms with van der Waals surface area (Å²) in [5, 5.41) is 0.0803. The van der Waals surface area contributed by atoms with Gasteiger partial charge in [0.15, 0.2) is 0 Å². The second kappa shape index (κ2) is 5.10. The van der Waals surface area contributed by atoms with Crippen LogP contribution in [-0.2, 0) is 11.5 Å². The molecule has 0 unspecified atom stereocenters. The molecule has 1 aromatic heterocycles. The van der Waals surface area contributed by atoms with Gasteiger partial charge in [-0.2, -0.15) is 13.2 Å². The van der Waals surface area contributed by atoms with Crippen LogP contribution in [0.1, 0.15) is 11.3 Å². The Balaban J connectivity index is 2.53. The van der Waals surface area contributed by atoms with E-state index < -0.39 is 11.7 Å². The van der Waals surface area contributed by atoms with E-state index in [0.717, 1.165) is 11.6 Å². The summed E-state index contributed by atoms with van der Waals surface area (Å²) >= 11 is 3.02. The second-order valence-corrected chi connectivity index (χ2v) is 4.28. The van der Waals surface area contributed by atoms with Crippen LogP contribution in [-0.4, -0.2) is 4.98 Å². The van der Waals surface area contributed by atoms with Crippen molar-refractivity contribution in [1.29, 1.82) is 0 Å². The highest BCUT2D eigenvalue weighted by molar-refractivity contribution is 9.08. The average molecular weight is 316 g/mol. The van der Waals surface area contributed by atoms with Crippen LogP contribution in [0.4, 0.5) is 13.2 Å². The lowest BCUT2D eigenvalue weighted by Crippen LogP contribution is -2.10. The summed E-state index contributed by atoms with van der Waals surface area (Å²) in [4.78, 5) is 3.87. The maximum atomic E-state index is 12.9. The summed E-state index contributed by atoms with van der Waals surface area (Å²) < 4.78 is 38.6. The van der Waals surface area contributed by atoms with E-state index in [-0.39, 0.29) is 11.0 Å². The van der Waals surface area contributed by atoms with Crippen LogP contribution in [0.2, 0.25) is 0 Å². The van der Waals surface area contributed by atoms with Gasteiger partial charge in [0.1, 0.15) is 0 Å². The Morgan fingerprint density at radius 3 is 2.28 bits per heavy atom. The minimum Gasteiger partial charge on any atom is -0.259 e. The standard InChI is InChI=1S/C13H9BrF3N/c14-7-12-11(13(15,16)17)6-10(8-18-12)9-4-2-1-3-5-9/h1-6,8H,7H2. The number of aromatic nitrogens is 1. The summed E-state index contributed by atoms with van der Waals surface area (Å²) in [7, 11) is 0. The number of hydrogen-bond acceptors (Lipinski definition) is 1.